The van der Waals surface area contributed by atoms with E-state index in [0.717, 1.165) is 0 Å². The van der Waals surface area contributed by atoms with Gasteiger partial charge in [0.1, 0.15) is 0 Å². The van der Waals surface area contributed by atoms with Crippen LogP contribution in [0.4, 0.5) is 0 Å². The maximum absolute atomic E-state index is 11.4. The molecule has 0 amide bonds. The molecule has 0 aliphatic carbocycles. The summed E-state index contributed by atoms with van der Waals surface area (Å²) in [5, 5.41) is 0. The summed E-state index contributed by atoms with van der Waals surface area (Å²) < 4.78 is 8.91. The molecule has 0 aromatic carbocycles. The lowest BCUT2D eigenvalue weighted by molar-refractivity contribution is -0.151. The highest BCUT2D eigenvalue weighted by Gasteiger charge is 2.41. The molecule has 0 N–H and O–H groups in total. The molecule has 1 heterocycles. The fourth-order valence-electron chi connectivity index (χ4n) is 1.09. The van der Waals surface area contributed by atoms with Gasteiger partial charge in [-0.3, -0.25) is 14.4 Å². The summed E-state index contributed by atoms with van der Waals surface area (Å²) in [4.78, 5) is 44.4. The van der Waals surface area contributed by atoms with Crippen LogP contribution in [0.3, 0.4) is 0 Å². The van der Waals surface area contributed by atoms with Gasteiger partial charge in [0.15, 0.2) is 30.7 Å². The molecule has 1 aliphatic rings. The molecule has 6 nitrogen and oxygen atoms in total. The summed E-state index contributed by atoms with van der Waals surface area (Å²) >= 11 is 0. The Balaban J connectivity index is 2.53. The second-order valence-electron chi connectivity index (χ2n) is 3.33. The third kappa shape index (κ3) is 2.53. The first-order valence-corrected chi connectivity index (χ1v) is 4.48. The van der Waals surface area contributed by atoms with Gasteiger partial charge in [-0.05, 0) is 6.92 Å². The van der Waals surface area contributed by atoms with Crippen LogP contribution in [0.15, 0.2) is 12.2 Å². The van der Waals surface area contributed by atoms with E-state index < -0.39 is 42.6 Å². The van der Waals surface area contributed by atoms with Gasteiger partial charge in [-0.1, -0.05) is 6.58 Å². The lowest BCUT2D eigenvalue weighted by Crippen LogP contribution is -2.30. The molecule has 0 saturated carbocycles. The van der Waals surface area contributed by atoms with E-state index in [0.29, 0.717) is 0 Å². The zero-order chi connectivity index (χ0) is 12.3. The Morgan fingerprint density at radius 3 is 2.56 bits per heavy atom. The van der Waals surface area contributed by atoms with E-state index in [-0.39, 0.29) is 5.57 Å². The zero-order valence-electron chi connectivity index (χ0n) is 8.65. The summed E-state index contributed by atoms with van der Waals surface area (Å²) in [6.45, 7) is 3.71. The van der Waals surface area contributed by atoms with Crippen molar-refractivity contribution in [3.63, 3.8) is 0 Å². The maximum Gasteiger partial charge on any atom is 0.333 e. The molecular weight excluding hydrogens is 216 g/mol. The molecule has 1 unspecified atom stereocenters. The molecule has 0 bridgehead atoms. The number of ether oxygens (including phenoxy) is 2. The Bertz CT molecular complexity index is 365. The van der Waals surface area contributed by atoms with E-state index in [1.54, 1.807) is 0 Å². The van der Waals surface area contributed by atoms with Gasteiger partial charge in [0, 0.05) is 5.57 Å². The minimum Gasteiger partial charge on any atom is -0.457 e. The van der Waals surface area contributed by atoms with E-state index in [9.17, 15) is 19.2 Å². The minimum atomic E-state index is -1.45. The molecule has 86 valence electrons. The van der Waals surface area contributed by atoms with Gasteiger partial charge in [-0.15, -0.1) is 0 Å². The number of rotatable bonds is 4. The Hall–Kier alpha value is -1.98. The normalized spacial score (nSPS) is 19.2. The Morgan fingerprint density at radius 2 is 2.12 bits per heavy atom. The number of carbonyl (C=O) groups excluding carboxylic acids is 4. The molecular formula is C10H10O6. The van der Waals surface area contributed by atoms with Crippen LogP contribution in [-0.2, 0) is 28.7 Å². The van der Waals surface area contributed by atoms with Gasteiger partial charge < -0.3 is 9.47 Å². The standard InChI is InChI=1S/C10H10O6/c1-5(2)9(13)15-3-6(11)8-7(12)4-16-10(8)14/h8H,1,3-4H2,2H3. The molecule has 1 fully saturated rings. The van der Waals surface area contributed by atoms with Crippen LogP contribution in [-0.4, -0.2) is 36.7 Å². The number of carbonyl (C=O) groups is 4. The van der Waals surface area contributed by atoms with Gasteiger partial charge in [-0.2, -0.15) is 0 Å². The summed E-state index contributed by atoms with van der Waals surface area (Å²) in [6, 6.07) is 0. The van der Waals surface area contributed by atoms with Crippen LogP contribution in [0.25, 0.3) is 0 Å². The first-order chi connectivity index (χ1) is 7.43. The average Bonchev–Trinajstić information content (AvgIpc) is 2.54. The SMILES string of the molecule is C=C(C)C(=O)OCC(=O)C1C(=O)COC1=O. The summed E-state index contributed by atoms with van der Waals surface area (Å²) in [6.07, 6.45) is 0. The highest BCUT2D eigenvalue weighted by molar-refractivity contribution is 6.21. The lowest BCUT2D eigenvalue weighted by Gasteiger charge is -2.05. The van der Waals surface area contributed by atoms with Crippen molar-refractivity contribution in [2.45, 2.75) is 6.92 Å². The first kappa shape index (κ1) is 12.1. The Morgan fingerprint density at radius 1 is 1.50 bits per heavy atom. The number of hydrogen-bond acceptors (Lipinski definition) is 6. The van der Waals surface area contributed by atoms with Crippen molar-refractivity contribution in [1.82, 2.24) is 0 Å². The third-order valence-corrected chi connectivity index (χ3v) is 1.93. The van der Waals surface area contributed by atoms with Crippen molar-refractivity contribution < 1.29 is 28.7 Å². The summed E-state index contributed by atoms with van der Waals surface area (Å²) in [5.41, 5.74) is 0.133. The molecule has 1 aliphatic heterocycles. The second-order valence-corrected chi connectivity index (χ2v) is 3.33. The molecule has 16 heavy (non-hydrogen) atoms. The topological polar surface area (TPSA) is 86.7 Å². The number of hydrogen-bond donors (Lipinski definition) is 0. The largest absolute Gasteiger partial charge is 0.457 e. The fraction of sp³-hybridized carbons (Fsp3) is 0.400. The van der Waals surface area contributed by atoms with E-state index in [1.807, 2.05) is 0 Å². The smallest absolute Gasteiger partial charge is 0.333 e. The predicted octanol–water partition coefficient (Wildman–Crippen LogP) is -0.583. The van der Waals surface area contributed by atoms with E-state index in [1.165, 1.54) is 6.92 Å². The van der Waals surface area contributed by atoms with Gasteiger partial charge >= 0.3 is 11.9 Å². The molecule has 1 rings (SSSR count). The van der Waals surface area contributed by atoms with Crippen molar-refractivity contribution in [3.05, 3.63) is 12.2 Å². The van der Waals surface area contributed by atoms with Crippen molar-refractivity contribution in [2.75, 3.05) is 13.2 Å². The van der Waals surface area contributed by atoms with Gasteiger partial charge in [0.05, 0.1) is 0 Å². The van der Waals surface area contributed by atoms with Crippen LogP contribution in [0.5, 0.6) is 0 Å². The number of Topliss-reactive ketones (excluding diaryl/α,β-unsaturated/α-hetero) is 2. The van der Waals surface area contributed by atoms with Crippen LogP contribution in [0, 0.1) is 5.92 Å². The third-order valence-electron chi connectivity index (χ3n) is 1.93. The van der Waals surface area contributed by atoms with Crippen molar-refractivity contribution in [1.29, 1.82) is 0 Å². The van der Waals surface area contributed by atoms with Crippen molar-refractivity contribution >= 4 is 23.5 Å². The first-order valence-electron chi connectivity index (χ1n) is 4.48. The molecule has 0 spiro atoms. The number of esters is 2. The number of cyclic esters (lactones) is 1. The number of ketones is 2. The Kier molecular flexibility index (Phi) is 3.55. The molecule has 0 radical (unpaired) electrons. The molecule has 0 aromatic heterocycles. The molecule has 6 heteroatoms. The molecule has 1 atom stereocenters. The van der Waals surface area contributed by atoms with Crippen LogP contribution >= 0.6 is 0 Å². The highest BCUT2D eigenvalue weighted by Crippen LogP contribution is 2.12. The van der Waals surface area contributed by atoms with E-state index in [4.69, 9.17) is 0 Å². The average molecular weight is 226 g/mol. The van der Waals surface area contributed by atoms with Crippen LogP contribution < -0.4 is 0 Å². The summed E-state index contributed by atoms with van der Waals surface area (Å²) in [5.74, 6) is -4.46. The quantitative estimate of drug-likeness (QED) is 0.362. The van der Waals surface area contributed by atoms with Crippen LogP contribution in [0.1, 0.15) is 6.92 Å². The Labute approximate surface area is 91.2 Å². The van der Waals surface area contributed by atoms with Gasteiger partial charge in [0.25, 0.3) is 0 Å². The predicted molar refractivity (Wildman–Crippen MR) is 50.2 cm³/mol. The molecule has 0 aromatic rings. The monoisotopic (exact) mass is 226 g/mol. The maximum atomic E-state index is 11.4. The zero-order valence-corrected chi connectivity index (χ0v) is 8.65. The van der Waals surface area contributed by atoms with Gasteiger partial charge in [-0.25, -0.2) is 4.79 Å². The van der Waals surface area contributed by atoms with Crippen molar-refractivity contribution in [3.8, 4) is 0 Å². The van der Waals surface area contributed by atoms with E-state index >= 15 is 0 Å². The van der Waals surface area contributed by atoms with Gasteiger partial charge in [0.2, 0.25) is 0 Å². The van der Waals surface area contributed by atoms with Crippen LogP contribution in [0.2, 0.25) is 0 Å². The fourth-order valence-corrected chi connectivity index (χ4v) is 1.09. The lowest BCUT2D eigenvalue weighted by atomic mass is 10.0. The van der Waals surface area contributed by atoms with E-state index in [2.05, 4.69) is 16.1 Å². The summed E-state index contributed by atoms with van der Waals surface area (Å²) in [7, 11) is 0. The highest BCUT2D eigenvalue weighted by atomic mass is 16.5. The van der Waals surface area contributed by atoms with Crippen molar-refractivity contribution in [2.24, 2.45) is 5.92 Å². The second kappa shape index (κ2) is 4.69. The minimum absolute atomic E-state index is 0.133. The molecule has 1 saturated heterocycles.